The van der Waals surface area contributed by atoms with Crippen LogP contribution in [0.2, 0.25) is 0 Å². The van der Waals surface area contributed by atoms with Crippen molar-refractivity contribution in [3.63, 3.8) is 0 Å². The Morgan fingerprint density at radius 1 is 1.35 bits per heavy atom. The van der Waals surface area contributed by atoms with Gasteiger partial charge >= 0.3 is 0 Å². The number of ether oxygens (including phenoxy) is 1. The summed E-state index contributed by atoms with van der Waals surface area (Å²) in [4.78, 5) is 14.4. The summed E-state index contributed by atoms with van der Waals surface area (Å²) in [5, 5.41) is 13.2. The van der Waals surface area contributed by atoms with E-state index in [1.54, 1.807) is 4.90 Å². The van der Waals surface area contributed by atoms with E-state index in [1.807, 2.05) is 18.2 Å². The molecule has 3 rings (SSSR count). The first-order valence-electron chi connectivity index (χ1n) is 8.57. The highest BCUT2D eigenvalue weighted by Crippen LogP contribution is 2.19. The van der Waals surface area contributed by atoms with Gasteiger partial charge in [0.2, 0.25) is 0 Å². The fourth-order valence-corrected chi connectivity index (χ4v) is 3.41. The Kier molecular flexibility index (Phi) is 5.65. The third kappa shape index (κ3) is 4.53. The summed E-state index contributed by atoms with van der Waals surface area (Å²) in [5.74, 6) is 0.691. The van der Waals surface area contributed by atoms with E-state index in [0.29, 0.717) is 37.8 Å². The predicted octanol–water partition coefficient (Wildman–Crippen LogP) is 1.06. The average Bonchev–Trinajstić information content (AvgIpc) is 2.80. The number of aliphatic hydroxyl groups excluding tert-OH is 1. The van der Waals surface area contributed by atoms with Gasteiger partial charge in [0.25, 0.3) is 5.91 Å². The fourth-order valence-electron chi connectivity index (χ4n) is 3.41. The highest BCUT2D eigenvalue weighted by Gasteiger charge is 2.22. The van der Waals surface area contributed by atoms with Crippen LogP contribution in [0.5, 0.6) is 0 Å². The second-order valence-electron chi connectivity index (χ2n) is 6.58. The molecule has 0 spiro atoms. The van der Waals surface area contributed by atoms with E-state index >= 15 is 0 Å². The molecule has 2 aliphatic heterocycles. The molecule has 1 amide bonds. The quantitative estimate of drug-likeness (QED) is 0.875. The minimum absolute atomic E-state index is 0.0123. The molecule has 1 atom stereocenters. The Morgan fingerprint density at radius 2 is 2.17 bits per heavy atom. The number of nitrogens with one attached hydrogen (secondary N) is 1. The first-order chi connectivity index (χ1) is 11.2. The van der Waals surface area contributed by atoms with E-state index in [1.165, 1.54) is 18.4 Å². The van der Waals surface area contributed by atoms with E-state index < -0.39 is 6.10 Å². The van der Waals surface area contributed by atoms with Crippen LogP contribution in [0.4, 0.5) is 0 Å². The van der Waals surface area contributed by atoms with Gasteiger partial charge in [0.1, 0.15) is 0 Å². The monoisotopic (exact) mass is 318 g/mol. The minimum Gasteiger partial charge on any atom is -0.389 e. The van der Waals surface area contributed by atoms with Gasteiger partial charge in [0, 0.05) is 18.7 Å². The molecule has 0 aromatic heterocycles. The van der Waals surface area contributed by atoms with E-state index in [4.69, 9.17) is 4.74 Å². The zero-order valence-corrected chi connectivity index (χ0v) is 13.5. The van der Waals surface area contributed by atoms with Gasteiger partial charge in [-0.05, 0) is 56.0 Å². The van der Waals surface area contributed by atoms with Gasteiger partial charge in [-0.15, -0.1) is 0 Å². The molecule has 1 aromatic carbocycles. The van der Waals surface area contributed by atoms with Crippen molar-refractivity contribution in [2.45, 2.75) is 25.4 Å². The molecule has 126 valence electrons. The lowest BCUT2D eigenvalue weighted by Crippen LogP contribution is -2.37. The van der Waals surface area contributed by atoms with Crippen LogP contribution in [-0.4, -0.2) is 61.4 Å². The van der Waals surface area contributed by atoms with E-state index in [0.717, 1.165) is 19.5 Å². The van der Waals surface area contributed by atoms with Crippen molar-refractivity contribution < 1.29 is 14.6 Å². The second-order valence-corrected chi connectivity index (χ2v) is 6.58. The molecule has 0 aliphatic carbocycles. The zero-order valence-electron chi connectivity index (χ0n) is 13.5. The number of amides is 1. The number of hydrogen-bond donors (Lipinski definition) is 2. The minimum atomic E-state index is -0.598. The highest BCUT2D eigenvalue weighted by atomic mass is 16.5. The standard InChI is InChI=1S/C18H26N2O3/c21-17-12-20(8-9-23-13-17)18(22)16-3-1-2-15(11-16)10-14-4-6-19-7-5-14/h1-3,11,14,17,19,21H,4-10,12-13H2/t17-/m1/s1. The predicted molar refractivity (Wildman–Crippen MR) is 88.5 cm³/mol. The van der Waals surface area contributed by atoms with Crippen LogP contribution in [0.1, 0.15) is 28.8 Å². The Bertz CT molecular complexity index is 529. The zero-order chi connectivity index (χ0) is 16.1. The summed E-state index contributed by atoms with van der Waals surface area (Å²) in [6.07, 6.45) is 2.84. The summed E-state index contributed by atoms with van der Waals surface area (Å²) in [5.41, 5.74) is 1.94. The molecule has 1 aromatic rings. The van der Waals surface area contributed by atoms with Crippen molar-refractivity contribution in [3.05, 3.63) is 35.4 Å². The molecule has 0 saturated carbocycles. The van der Waals surface area contributed by atoms with E-state index in [2.05, 4.69) is 11.4 Å². The number of piperidine rings is 1. The number of carbonyl (C=O) groups excluding carboxylic acids is 1. The molecule has 2 fully saturated rings. The van der Waals surface area contributed by atoms with Crippen molar-refractivity contribution in [2.75, 3.05) is 39.4 Å². The van der Waals surface area contributed by atoms with Crippen LogP contribution >= 0.6 is 0 Å². The molecule has 2 aliphatic rings. The molecule has 0 radical (unpaired) electrons. The lowest BCUT2D eigenvalue weighted by Gasteiger charge is -2.23. The first-order valence-corrected chi connectivity index (χ1v) is 8.57. The summed E-state index contributed by atoms with van der Waals surface area (Å²) >= 11 is 0. The van der Waals surface area contributed by atoms with Crippen LogP contribution in [0, 0.1) is 5.92 Å². The van der Waals surface area contributed by atoms with Gasteiger partial charge in [0.05, 0.1) is 19.3 Å². The molecule has 0 unspecified atom stereocenters. The Balaban J connectivity index is 1.66. The highest BCUT2D eigenvalue weighted by molar-refractivity contribution is 5.94. The summed E-state index contributed by atoms with van der Waals surface area (Å²) in [6.45, 7) is 3.85. The normalized spacial score (nSPS) is 23.5. The molecule has 2 N–H and O–H groups in total. The van der Waals surface area contributed by atoms with Gasteiger partial charge in [0.15, 0.2) is 0 Å². The molecule has 23 heavy (non-hydrogen) atoms. The Labute approximate surface area is 137 Å². The van der Waals surface area contributed by atoms with Crippen LogP contribution in [0.25, 0.3) is 0 Å². The average molecular weight is 318 g/mol. The van der Waals surface area contributed by atoms with Gasteiger partial charge in [-0.3, -0.25) is 4.79 Å². The largest absolute Gasteiger partial charge is 0.389 e. The molecular formula is C18H26N2O3. The van der Waals surface area contributed by atoms with Gasteiger partial charge in [-0.2, -0.15) is 0 Å². The Morgan fingerprint density at radius 3 is 3.00 bits per heavy atom. The molecule has 2 saturated heterocycles. The van der Waals surface area contributed by atoms with Gasteiger partial charge < -0.3 is 20.1 Å². The lowest BCUT2D eigenvalue weighted by atomic mass is 9.90. The molecule has 0 bridgehead atoms. The van der Waals surface area contributed by atoms with Crippen molar-refractivity contribution in [1.29, 1.82) is 0 Å². The number of β-amino-alcohol motifs (C(OH)–C–C–N with tert-alkyl or cyclic N) is 1. The molecular weight excluding hydrogens is 292 g/mol. The third-order valence-corrected chi connectivity index (χ3v) is 4.69. The molecule has 5 nitrogen and oxygen atoms in total. The van der Waals surface area contributed by atoms with Crippen LogP contribution < -0.4 is 5.32 Å². The summed E-state index contributed by atoms with van der Waals surface area (Å²) < 4.78 is 5.30. The van der Waals surface area contributed by atoms with Gasteiger partial charge in [-0.25, -0.2) is 0 Å². The van der Waals surface area contributed by atoms with Gasteiger partial charge in [-0.1, -0.05) is 12.1 Å². The number of nitrogens with zero attached hydrogens (tertiary/aromatic N) is 1. The van der Waals surface area contributed by atoms with Crippen molar-refractivity contribution in [2.24, 2.45) is 5.92 Å². The first kappa shape index (κ1) is 16.4. The summed E-state index contributed by atoms with van der Waals surface area (Å²) in [6, 6.07) is 7.96. The van der Waals surface area contributed by atoms with E-state index in [9.17, 15) is 9.90 Å². The maximum Gasteiger partial charge on any atom is 0.254 e. The van der Waals surface area contributed by atoms with Crippen molar-refractivity contribution >= 4 is 5.91 Å². The van der Waals surface area contributed by atoms with E-state index in [-0.39, 0.29) is 5.91 Å². The topological polar surface area (TPSA) is 61.8 Å². The molecule has 5 heteroatoms. The SMILES string of the molecule is O=C(c1cccc(CC2CCNCC2)c1)N1CCOC[C@H](O)C1. The molecule has 2 heterocycles. The maximum atomic E-state index is 12.7. The number of hydrogen-bond acceptors (Lipinski definition) is 4. The third-order valence-electron chi connectivity index (χ3n) is 4.69. The van der Waals surface area contributed by atoms with Crippen molar-refractivity contribution in [1.82, 2.24) is 10.2 Å². The Hall–Kier alpha value is -1.43. The summed E-state index contributed by atoms with van der Waals surface area (Å²) in [7, 11) is 0. The number of benzene rings is 1. The van der Waals surface area contributed by atoms with Crippen LogP contribution in [-0.2, 0) is 11.2 Å². The number of aliphatic hydroxyl groups is 1. The number of carbonyl (C=O) groups is 1. The van der Waals surface area contributed by atoms with Crippen LogP contribution in [0.15, 0.2) is 24.3 Å². The van der Waals surface area contributed by atoms with Crippen LogP contribution in [0.3, 0.4) is 0 Å². The second kappa shape index (κ2) is 7.90. The van der Waals surface area contributed by atoms with Crippen molar-refractivity contribution in [3.8, 4) is 0 Å². The maximum absolute atomic E-state index is 12.7. The lowest BCUT2D eigenvalue weighted by molar-refractivity contribution is 0.0534. The number of rotatable bonds is 3. The fraction of sp³-hybridized carbons (Fsp3) is 0.611. The smallest absolute Gasteiger partial charge is 0.254 e.